The molecule has 0 unspecified atom stereocenters. The summed E-state index contributed by atoms with van der Waals surface area (Å²) in [4.78, 5) is 12.2. The normalized spacial score (nSPS) is 44.4. The van der Waals surface area contributed by atoms with Gasteiger partial charge in [-0.2, -0.15) is 12.6 Å². The number of carbonyl (C=O) groups excluding carboxylic acids is 1. The monoisotopic (exact) mass is 282 g/mol. The van der Waals surface area contributed by atoms with E-state index in [2.05, 4.69) is 0 Å². The molecule has 4 rings (SSSR count). The van der Waals surface area contributed by atoms with Crippen molar-refractivity contribution in [1.29, 1.82) is 0 Å². The Bertz CT molecular complexity index is 355. The molecule has 4 aliphatic rings. The van der Waals surface area contributed by atoms with Gasteiger partial charge in [-0.25, -0.2) is 0 Å². The lowest BCUT2D eigenvalue weighted by Gasteiger charge is -2.59. The second kappa shape index (κ2) is 4.41. The van der Waals surface area contributed by atoms with Gasteiger partial charge in [0.05, 0.1) is 6.42 Å². The van der Waals surface area contributed by atoms with Gasteiger partial charge in [0.1, 0.15) is 5.60 Å². The van der Waals surface area contributed by atoms with Gasteiger partial charge in [0.25, 0.3) is 0 Å². The lowest BCUT2D eigenvalue weighted by Crippen LogP contribution is -2.55. The first kappa shape index (κ1) is 13.8. The van der Waals surface area contributed by atoms with Crippen LogP contribution in [0.25, 0.3) is 0 Å². The summed E-state index contributed by atoms with van der Waals surface area (Å²) in [5.74, 6) is 3.05. The predicted octanol–water partition coefficient (Wildman–Crippen LogP) is 3.84. The molecule has 0 aromatic heterocycles. The second-order valence-electron chi connectivity index (χ2n) is 8.06. The number of esters is 1. The Morgan fingerprint density at radius 3 is 2.00 bits per heavy atom. The lowest BCUT2D eigenvalue weighted by molar-refractivity contribution is -0.158. The highest BCUT2D eigenvalue weighted by Crippen LogP contribution is 2.61. The van der Waals surface area contributed by atoms with Gasteiger partial charge >= 0.3 is 5.97 Å². The minimum atomic E-state index is -0.382. The number of hydrogen-bond donors (Lipinski definition) is 1. The van der Waals surface area contributed by atoms with Gasteiger partial charge in [0.2, 0.25) is 0 Å². The average molecular weight is 282 g/mol. The zero-order valence-electron chi connectivity index (χ0n) is 12.3. The second-order valence-corrected chi connectivity index (χ2v) is 8.89. The van der Waals surface area contributed by atoms with Gasteiger partial charge in [0.15, 0.2) is 0 Å². The van der Waals surface area contributed by atoms with E-state index in [9.17, 15) is 4.79 Å². The van der Waals surface area contributed by atoms with E-state index in [1.54, 1.807) is 0 Å². The van der Waals surface area contributed by atoms with Crippen LogP contribution in [-0.4, -0.2) is 16.3 Å². The van der Waals surface area contributed by atoms with E-state index >= 15 is 0 Å². The molecule has 0 atom stereocenters. The molecule has 3 heteroatoms. The van der Waals surface area contributed by atoms with Gasteiger partial charge in [-0.1, -0.05) is 0 Å². The van der Waals surface area contributed by atoms with Crippen LogP contribution in [0, 0.1) is 23.7 Å². The molecule has 0 aromatic carbocycles. The van der Waals surface area contributed by atoms with Crippen molar-refractivity contribution in [2.24, 2.45) is 23.7 Å². The number of thiol groups is 1. The van der Waals surface area contributed by atoms with Crippen LogP contribution >= 0.6 is 12.6 Å². The Morgan fingerprint density at radius 2 is 1.58 bits per heavy atom. The van der Waals surface area contributed by atoms with E-state index < -0.39 is 0 Å². The standard InChI is InChI=1S/C16H26O2S/c1-15(2,3)18-14(17)9-16(19)12-5-10-4-11(7-12)8-13(16)6-10/h10-13,19H,4-9H2,1-3H3. The summed E-state index contributed by atoms with van der Waals surface area (Å²) >= 11 is 5.02. The van der Waals surface area contributed by atoms with Crippen molar-refractivity contribution in [1.82, 2.24) is 0 Å². The van der Waals surface area contributed by atoms with Crippen molar-refractivity contribution < 1.29 is 9.53 Å². The Labute approximate surface area is 122 Å². The third kappa shape index (κ3) is 2.55. The molecule has 0 saturated heterocycles. The van der Waals surface area contributed by atoms with Gasteiger partial charge in [0, 0.05) is 4.75 Å². The van der Waals surface area contributed by atoms with Gasteiger partial charge in [-0.3, -0.25) is 4.79 Å². The van der Waals surface area contributed by atoms with Crippen LogP contribution in [0.4, 0.5) is 0 Å². The van der Waals surface area contributed by atoms with Crippen molar-refractivity contribution in [3.8, 4) is 0 Å². The Morgan fingerprint density at radius 1 is 1.11 bits per heavy atom. The average Bonchev–Trinajstić information content (AvgIpc) is 2.22. The first-order chi connectivity index (χ1) is 8.76. The molecule has 4 bridgehead atoms. The maximum atomic E-state index is 12.2. The quantitative estimate of drug-likeness (QED) is 0.615. The maximum Gasteiger partial charge on any atom is 0.307 e. The molecule has 4 saturated carbocycles. The van der Waals surface area contributed by atoms with Crippen LogP contribution in [0.5, 0.6) is 0 Å². The summed E-state index contributed by atoms with van der Waals surface area (Å²) in [5, 5.41) is 0. The SMILES string of the molecule is CC(C)(C)OC(=O)CC1(S)C2CC3CC(C2)CC1C3. The molecule has 19 heavy (non-hydrogen) atoms. The van der Waals surface area contributed by atoms with Gasteiger partial charge in [-0.05, 0) is 76.5 Å². The Hall–Kier alpha value is -0.180. The lowest BCUT2D eigenvalue weighted by atomic mass is 9.51. The summed E-state index contributed by atoms with van der Waals surface area (Å²) < 4.78 is 5.43. The van der Waals surface area contributed by atoms with E-state index in [0.29, 0.717) is 18.3 Å². The molecule has 4 fully saturated rings. The minimum absolute atomic E-state index is 0.0602. The van der Waals surface area contributed by atoms with Crippen LogP contribution < -0.4 is 0 Å². The highest BCUT2D eigenvalue weighted by molar-refractivity contribution is 7.81. The van der Waals surface area contributed by atoms with E-state index in [4.69, 9.17) is 17.4 Å². The molecule has 0 N–H and O–H groups in total. The molecule has 0 aromatic rings. The van der Waals surface area contributed by atoms with E-state index in [-0.39, 0.29) is 16.3 Å². The van der Waals surface area contributed by atoms with Gasteiger partial charge in [-0.15, -0.1) is 0 Å². The number of ether oxygens (including phenoxy) is 1. The molecule has 0 aliphatic heterocycles. The third-order valence-corrected chi connectivity index (χ3v) is 6.29. The molecule has 0 heterocycles. The van der Waals surface area contributed by atoms with E-state index in [0.717, 1.165) is 11.8 Å². The van der Waals surface area contributed by atoms with Crippen LogP contribution in [0.1, 0.15) is 59.3 Å². The number of carbonyl (C=O) groups is 1. The highest BCUT2D eigenvalue weighted by Gasteiger charge is 2.56. The molecule has 0 spiro atoms. The van der Waals surface area contributed by atoms with Crippen molar-refractivity contribution in [2.75, 3.05) is 0 Å². The molecular formula is C16H26O2S. The summed E-state index contributed by atoms with van der Waals surface area (Å²) in [6.07, 6.45) is 7.10. The van der Waals surface area contributed by atoms with Crippen molar-refractivity contribution in [3.63, 3.8) is 0 Å². The summed E-state index contributed by atoms with van der Waals surface area (Å²) in [6, 6.07) is 0. The smallest absolute Gasteiger partial charge is 0.307 e. The van der Waals surface area contributed by atoms with Crippen LogP contribution in [0.2, 0.25) is 0 Å². The predicted molar refractivity (Wildman–Crippen MR) is 79.2 cm³/mol. The molecule has 0 radical (unpaired) electrons. The largest absolute Gasteiger partial charge is 0.460 e. The van der Waals surface area contributed by atoms with Gasteiger partial charge < -0.3 is 4.74 Å². The number of rotatable bonds is 2. The van der Waals surface area contributed by atoms with Crippen molar-refractivity contribution in [3.05, 3.63) is 0 Å². The van der Waals surface area contributed by atoms with Crippen LogP contribution in [0.3, 0.4) is 0 Å². The fraction of sp³-hybridized carbons (Fsp3) is 0.938. The first-order valence-electron chi connectivity index (χ1n) is 7.70. The third-order valence-electron chi connectivity index (χ3n) is 5.40. The number of hydrogen-bond acceptors (Lipinski definition) is 3. The van der Waals surface area contributed by atoms with Crippen molar-refractivity contribution >= 4 is 18.6 Å². The van der Waals surface area contributed by atoms with Crippen LogP contribution in [-0.2, 0) is 9.53 Å². The molecule has 4 aliphatic carbocycles. The summed E-state index contributed by atoms with van der Waals surface area (Å²) in [6.45, 7) is 5.81. The fourth-order valence-corrected chi connectivity index (χ4v) is 5.45. The molecular weight excluding hydrogens is 256 g/mol. The zero-order chi connectivity index (χ0) is 13.8. The summed E-state index contributed by atoms with van der Waals surface area (Å²) in [5.41, 5.74) is -0.382. The zero-order valence-corrected chi connectivity index (χ0v) is 13.2. The highest BCUT2D eigenvalue weighted by atomic mass is 32.1. The summed E-state index contributed by atoms with van der Waals surface area (Å²) in [7, 11) is 0. The molecule has 108 valence electrons. The topological polar surface area (TPSA) is 26.3 Å². The fourth-order valence-electron chi connectivity index (χ4n) is 4.90. The molecule has 0 amide bonds. The Kier molecular flexibility index (Phi) is 3.20. The minimum Gasteiger partial charge on any atom is -0.460 e. The van der Waals surface area contributed by atoms with Crippen LogP contribution in [0.15, 0.2) is 0 Å². The van der Waals surface area contributed by atoms with E-state index in [1.165, 1.54) is 32.1 Å². The first-order valence-corrected chi connectivity index (χ1v) is 8.15. The maximum absolute atomic E-state index is 12.2. The molecule has 2 nitrogen and oxygen atoms in total. The Balaban J connectivity index is 1.71. The van der Waals surface area contributed by atoms with E-state index in [1.807, 2.05) is 20.8 Å². The van der Waals surface area contributed by atoms with Crippen molar-refractivity contribution in [2.45, 2.75) is 69.6 Å².